The van der Waals surface area contributed by atoms with Crippen molar-refractivity contribution in [2.24, 2.45) is 5.84 Å². The number of hydrazine groups is 1. The van der Waals surface area contributed by atoms with Crippen LogP contribution in [0.5, 0.6) is 0 Å². The fourth-order valence-electron chi connectivity index (χ4n) is 2.08. The van der Waals surface area contributed by atoms with Gasteiger partial charge in [0.25, 0.3) is 0 Å². The molecule has 0 spiro atoms. The van der Waals surface area contributed by atoms with Crippen LogP contribution in [0.15, 0.2) is 30.6 Å². The summed E-state index contributed by atoms with van der Waals surface area (Å²) in [5.41, 5.74) is 5.42. The van der Waals surface area contributed by atoms with Gasteiger partial charge in [-0.25, -0.2) is 10.8 Å². The van der Waals surface area contributed by atoms with Crippen molar-refractivity contribution in [2.45, 2.75) is 26.1 Å². The highest BCUT2D eigenvalue weighted by atomic mass is 19.4. The van der Waals surface area contributed by atoms with Crippen LogP contribution in [0.4, 0.5) is 19.0 Å². The first-order chi connectivity index (χ1) is 10.8. The van der Waals surface area contributed by atoms with E-state index in [9.17, 15) is 13.2 Å². The van der Waals surface area contributed by atoms with Crippen LogP contribution < -0.4 is 11.3 Å². The summed E-state index contributed by atoms with van der Waals surface area (Å²) >= 11 is 0. The molecule has 0 saturated carbocycles. The third kappa shape index (κ3) is 4.64. The molecule has 0 radical (unpaired) electrons. The van der Waals surface area contributed by atoms with Crippen LogP contribution in [-0.4, -0.2) is 22.8 Å². The SMILES string of the molecule is Cc1cc(C(C)OCC(F)(F)F)ccc1-c1cnc(NN)cn1. The third-order valence-electron chi connectivity index (χ3n) is 3.29. The topological polar surface area (TPSA) is 73.1 Å². The van der Waals surface area contributed by atoms with Crippen molar-refractivity contribution in [1.82, 2.24) is 9.97 Å². The first kappa shape index (κ1) is 17.2. The molecule has 1 heterocycles. The van der Waals surface area contributed by atoms with E-state index < -0.39 is 18.9 Å². The Morgan fingerprint density at radius 3 is 2.52 bits per heavy atom. The molecular formula is C15H17F3N4O. The van der Waals surface area contributed by atoms with Crippen LogP contribution >= 0.6 is 0 Å². The van der Waals surface area contributed by atoms with Crippen molar-refractivity contribution >= 4 is 5.82 Å². The minimum atomic E-state index is -4.34. The molecule has 0 aliphatic heterocycles. The lowest BCUT2D eigenvalue weighted by atomic mass is 10.0. The number of nitrogens with two attached hydrogens (primary N) is 1. The summed E-state index contributed by atoms with van der Waals surface area (Å²) in [7, 11) is 0. The van der Waals surface area contributed by atoms with Crippen LogP contribution in [0.2, 0.25) is 0 Å². The lowest BCUT2D eigenvalue weighted by Gasteiger charge is -2.16. The average molecular weight is 326 g/mol. The molecule has 124 valence electrons. The molecule has 5 nitrogen and oxygen atoms in total. The van der Waals surface area contributed by atoms with E-state index in [1.807, 2.05) is 6.92 Å². The number of rotatable bonds is 5. The summed E-state index contributed by atoms with van der Waals surface area (Å²) in [6.45, 7) is 2.17. The quantitative estimate of drug-likeness (QED) is 0.651. The highest BCUT2D eigenvalue weighted by molar-refractivity contribution is 5.63. The summed E-state index contributed by atoms with van der Waals surface area (Å²) in [6.07, 6.45) is -1.92. The molecule has 3 N–H and O–H groups in total. The molecule has 2 aromatic rings. The van der Waals surface area contributed by atoms with Crippen LogP contribution in [0.1, 0.15) is 24.2 Å². The minimum absolute atomic E-state index is 0.442. The number of hydrogen-bond acceptors (Lipinski definition) is 5. The maximum absolute atomic E-state index is 12.2. The number of nitrogens with zero attached hydrogens (tertiary/aromatic N) is 2. The third-order valence-corrected chi connectivity index (χ3v) is 3.29. The van der Waals surface area contributed by atoms with E-state index in [1.165, 1.54) is 6.20 Å². The van der Waals surface area contributed by atoms with Gasteiger partial charge in [-0.15, -0.1) is 0 Å². The highest BCUT2D eigenvalue weighted by Crippen LogP contribution is 2.27. The molecule has 0 fully saturated rings. The molecule has 1 aromatic carbocycles. The summed E-state index contributed by atoms with van der Waals surface area (Å²) < 4.78 is 41.5. The Hall–Kier alpha value is -2.19. The second-order valence-corrected chi connectivity index (χ2v) is 5.07. The van der Waals surface area contributed by atoms with Gasteiger partial charge in [0.2, 0.25) is 0 Å². The molecule has 1 unspecified atom stereocenters. The smallest absolute Gasteiger partial charge is 0.364 e. The van der Waals surface area contributed by atoms with Gasteiger partial charge >= 0.3 is 6.18 Å². The van der Waals surface area contributed by atoms with E-state index >= 15 is 0 Å². The Balaban J connectivity index is 2.16. The number of hydrogen-bond donors (Lipinski definition) is 2. The first-order valence-corrected chi connectivity index (χ1v) is 6.88. The molecule has 0 saturated heterocycles. The zero-order chi connectivity index (χ0) is 17.0. The van der Waals surface area contributed by atoms with E-state index in [4.69, 9.17) is 10.6 Å². The molecule has 0 aliphatic carbocycles. The number of aryl methyl sites for hydroxylation is 1. The van der Waals surface area contributed by atoms with Crippen molar-refractivity contribution < 1.29 is 17.9 Å². The molecule has 0 bridgehead atoms. The number of ether oxygens (including phenoxy) is 1. The fraction of sp³-hybridized carbons (Fsp3) is 0.333. The average Bonchev–Trinajstić information content (AvgIpc) is 2.52. The maximum atomic E-state index is 12.2. The second-order valence-electron chi connectivity index (χ2n) is 5.07. The monoisotopic (exact) mass is 326 g/mol. The van der Waals surface area contributed by atoms with Crippen molar-refractivity contribution in [3.8, 4) is 11.3 Å². The van der Waals surface area contributed by atoms with Crippen molar-refractivity contribution in [3.63, 3.8) is 0 Å². The Morgan fingerprint density at radius 2 is 2.00 bits per heavy atom. The second kappa shape index (κ2) is 6.93. The van der Waals surface area contributed by atoms with Crippen molar-refractivity contribution in [2.75, 3.05) is 12.0 Å². The van der Waals surface area contributed by atoms with Gasteiger partial charge < -0.3 is 10.2 Å². The zero-order valence-corrected chi connectivity index (χ0v) is 12.7. The van der Waals surface area contributed by atoms with Crippen LogP contribution in [0.3, 0.4) is 0 Å². The molecule has 2 rings (SSSR count). The van der Waals surface area contributed by atoms with Gasteiger partial charge in [0.1, 0.15) is 6.61 Å². The van der Waals surface area contributed by atoms with E-state index in [-0.39, 0.29) is 0 Å². The van der Waals surface area contributed by atoms with Gasteiger partial charge in [-0.2, -0.15) is 13.2 Å². The standard InChI is InChI=1S/C15H17F3N4O/c1-9-5-11(10(2)23-8-15(16,17)18)3-4-12(9)13-6-21-14(22-19)7-20-13/h3-7,10H,8,19H2,1-2H3,(H,21,22). The molecule has 23 heavy (non-hydrogen) atoms. The lowest BCUT2D eigenvalue weighted by molar-refractivity contribution is -0.184. The molecular weight excluding hydrogens is 309 g/mol. The zero-order valence-electron chi connectivity index (χ0n) is 12.7. The van der Waals surface area contributed by atoms with Gasteiger partial charge in [0, 0.05) is 5.56 Å². The molecule has 0 amide bonds. The predicted octanol–water partition coefficient (Wildman–Crippen LogP) is 3.38. The Labute approximate surface area is 131 Å². The maximum Gasteiger partial charge on any atom is 0.411 e. The number of alkyl halides is 3. The number of anilines is 1. The van der Waals surface area contributed by atoms with Crippen molar-refractivity contribution in [3.05, 3.63) is 41.7 Å². The van der Waals surface area contributed by atoms with Crippen LogP contribution in [0.25, 0.3) is 11.3 Å². The summed E-state index contributed by atoms with van der Waals surface area (Å²) in [5, 5.41) is 0. The summed E-state index contributed by atoms with van der Waals surface area (Å²) in [5.74, 6) is 5.68. The fourth-order valence-corrected chi connectivity index (χ4v) is 2.08. The Morgan fingerprint density at radius 1 is 1.26 bits per heavy atom. The van der Waals surface area contributed by atoms with Gasteiger partial charge in [-0.3, -0.25) is 4.98 Å². The van der Waals surface area contributed by atoms with Gasteiger partial charge in [0.05, 0.1) is 24.2 Å². The van der Waals surface area contributed by atoms with Crippen molar-refractivity contribution in [1.29, 1.82) is 0 Å². The number of benzene rings is 1. The number of nitrogens with one attached hydrogen (secondary N) is 1. The molecule has 0 aliphatic rings. The van der Waals surface area contributed by atoms with Crippen LogP contribution in [0, 0.1) is 6.92 Å². The molecule has 8 heteroatoms. The molecule has 1 atom stereocenters. The first-order valence-electron chi connectivity index (χ1n) is 6.88. The van der Waals surface area contributed by atoms with Gasteiger partial charge in [-0.1, -0.05) is 18.2 Å². The normalized spacial score (nSPS) is 13.0. The summed E-state index contributed by atoms with van der Waals surface area (Å²) in [6, 6.07) is 5.30. The Kier molecular flexibility index (Phi) is 5.17. The summed E-state index contributed by atoms with van der Waals surface area (Å²) in [4.78, 5) is 8.32. The Bertz CT molecular complexity index is 659. The lowest BCUT2D eigenvalue weighted by Crippen LogP contribution is -2.18. The number of nitrogen functional groups attached to an aromatic ring is 1. The van der Waals surface area contributed by atoms with E-state index in [2.05, 4.69) is 15.4 Å². The predicted molar refractivity (Wildman–Crippen MR) is 80.4 cm³/mol. The van der Waals surface area contributed by atoms with E-state index in [1.54, 1.807) is 31.3 Å². The van der Waals surface area contributed by atoms with E-state index in [0.717, 1.165) is 11.1 Å². The highest BCUT2D eigenvalue weighted by Gasteiger charge is 2.28. The minimum Gasteiger partial charge on any atom is -0.364 e. The number of halogens is 3. The van der Waals surface area contributed by atoms with Gasteiger partial charge in [0.15, 0.2) is 5.82 Å². The largest absolute Gasteiger partial charge is 0.411 e. The number of aromatic nitrogens is 2. The van der Waals surface area contributed by atoms with Crippen LogP contribution in [-0.2, 0) is 4.74 Å². The molecule has 1 aromatic heterocycles. The van der Waals surface area contributed by atoms with E-state index in [0.29, 0.717) is 17.1 Å². The van der Waals surface area contributed by atoms with Gasteiger partial charge in [-0.05, 0) is 25.0 Å².